The van der Waals surface area contributed by atoms with Gasteiger partial charge in [0.05, 0.1) is 6.42 Å². The Morgan fingerprint density at radius 2 is 2.12 bits per heavy atom. The van der Waals surface area contributed by atoms with Crippen molar-refractivity contribution in [1.29, 1.82) is 0 Å². The highest BCUT2D eigenvalue weighted by Crippen LogP contribution is 2.22. The number of nitrogens with two attached hydrogens (primary N) is 1. The fourth-order valence-electron chi connectivity index (χ4n) is 1.15. The molecule has 0 aliphatic carbocycles. The van der Waals surface area contributed by atoms with Gasteiger partial charge >= 0.3 is 11.9 Å². The van der Waals surface area contributed by atoms with Crippen molar-refractivity contribution >= 4 is 23.9 Å². The molecule has 0 spiro atoms. The van der Waals surface area contributed by atoms with Gasteiger partial charge in [0.2, 0.25) is 0 Å². The zero-order valence-corrected chi connectivity index (χ0v) is 8.88. The molecule has 0 aliphatic heterocycles. The van der Waals surface area contributed by atoms with Crippen LogP contribution < -0.4 is 10.5 Å². The number of rotatable bonds is 5. The van der Waals surface area contributed by atoms with Crippen LogP contribution in [0.5, 0.6) is 5.75 Å². The van der Waals surface area contributed by atoms with Gasteiger partial charge in [-0.3, -0.25) is 4.79 Å². The molecule has 1 aromatic carbocycles. The Labute approximate surface area is 97.0 Å². The summed E-state index contributed by atoms with van der Waals surface area (Å²) < 4.78 is 4.83. The number of carboxylic acids is 1. The second-order valence-corrected chi connectivity index (χ2v) is 3.24. The van der Waals surface area contributed by atoms with E-state index in [2.05, 4.69) is 0 Å². The van der Waals surface area contributed by atoms with E-state index in [9.17, 15) is 14.4 Å². The fourth-order valence-corrected chi connectivity index (χ4v) is 1.15. The van der Waals surface area contributed by atoms with E-state index in [4.69, 9.17) is 15.6 Å². The maximum atomic E-state index is 11.2. The van der Waals surface area contributed by atoms with Crippen LogP contribution in [0, 0.1) is 0 Å². The van der Waals surface area contributed by atoms with Gasteiger partial charge in [0, 0.05) is 18.2 Å². The van der Waals surface area contributed by atoms with Crippen LogP contribution in [-0.4, -0.2) is 23.3 Å². The van der Waals surface area contributed by atoms with Crippen LogP contribution in [0.2, 0.25) is 0 Å². The molecule has 0 fully saturated rings. The van der Waals surface area contributed by atoms with Crippen LogP contribution >= 0.6 is 0 Å². The third kappa shape index (κ3) is 3.60. The maximum Gasteiger partial charge on any atom is 0.339 e. The molecule has 90 valence electrons. The number of hydrogen-bond acceptors (Lipinski definition) is 5. The highest BCUT2D eigenvalue weighted by Gasteiger charge is 2.14. The van der Waals surface area contributed by atoms with E-state index in [-0.39, 0.29) is 29.8 Å². The van der Waals surface area contributed by atoms with Gasteiger partial charge in [-0.2, -0.15) is 0 Å². The summed E-state index contributed by atoms with van der Waals surface area (Å²) in [4.78, 5) is 32.2. The van der Waals surface area contributed by atoms with E-state index in [0.717, 1.165) is 0 Å². The molecule has 0 amide bonds. The molecule has 0 atom stereocenters. The average Bonchev–Trinajstić information content (AvgIpc) is 2.26. The number of hydrogen-bond donors (Lipinski definition) is 2. The summed E-state index contributed by atoms with van der Waals surface area (Å²) in [5, 5.41) is 8.86. The summed E-state index contributed by atoms with van der Waals surface area (Å²) in [6.45, 7) is 0. The predicted molar refractivity (Wildman–Crippen MR) is 58.7 cm³/mol. The zero-order valence-electron chi connectivity index (χ0n) is 8.88. The van der Waals surface area contributed by atoms with Gasteiger partial charge in [0.15, 0.2) is 0 Å². The molecule has 6 heteroatoms. The lowest BCUT2D eigenvalue weighted by molar-refractivity contribution is -0.135. The first-order chi connectivity index (χ1) is 8.04. The smallest absolute Gasteiger partial charge is 0.339 e. The summed E-state index contributed by atoms with van der Waals surface area (Å²) in [7, 11) is 0. The number of carboxylic acid groups (broad SMARTS) is 1. The standard InChI is InChI=1S/C11H11NO5/c12-7-3-4-8(11(15)16)9(6-7)17-10(14)2-1-5-13/h3-6H,1-2,12H2,(H,15,16). The molecule has 17 heavy (non-hydrogen) atoms. The molecule has 0 heterocycles. The normalized spacial score (nSPS) is 9.65. The number of carbonyl (C=O) groups excluding carboxylic acids is 2. The van der Waals surface area contributed by atoms with E-state index in [1.807, 2.05) is 0 Å². The third-order valence-electron chi connectivity index (χ3n) is 1.93. The molecule has 0 saturated carbocycles. The largest absolute Gasteiger partial charge is 0.478 e. The van der Waals surface area contributed by atoms with Gasteiger partial charge in [-0.15, -0.1) is 0 Å². The Morgan fingerprint density at radius 3 is 2.71 bits per heavy atom. The molecule has 0 bridgehead atoms. The summed E-state index contributed by atoms with van der Waals surface area (Å²) in [6, 6.07) is 3.90. The maximum absolute atomic E-state index is 11.2. The highest BCUT2D eigenvalue weighted by atomic mass is 16.5. The first kappa shape index (κ1) is 12.7. The number of anilines is 1. The Hall–Kier alpha value is -2.37. The van der Waals surface area contributed by atoms with Gasteiger partial charge in [-0.1, -0.05) is 0 Å². The lowest BCUT2D eigenvalue weighted by Gasteiger charge is -2.07. The van der Waals surface area contributed by atoms with Crippen LogP contribution in [0.1, 0.15) is 23.2 Å². The van der Waals surface area contributed by atoms with Gasteiger partial charge in [0.25, 0.3) is 0 Å². The molecule has 0 radical (unpaired) electrons. The van der Waals surface area contributed by atoms with E-state index >= 15 is 0 Å². The topological polar surface area (TPSA) is 107 Å². The van der Waals surface area contributed by atoms with Crippen molar-refractivity contribution in [2.75, 3.05) is 5.73 Å². The van der Waals surface area contributed by atoms with Crippen molar-refractivity contribution in [2.24, 2.45) is 0 Å². The van der Waals surface area contributed by atoms with E-state index in [1.54, 1.807) is 0 Å². The Kier molecular flexibility index (Phi) is 4.21. The van der Waals surface area contributed by atoms with Gasteiger partial charge < -0.3 is 20.4 Å². The number of ether oxygens (including phenoxy) is 1. The quantitative estimate of drug-likeness (QED) is 0.340. The van der Waals surface area contributed by atoms with Crippen molar-refractivity contribution in [3.63, 3.8) is 0 Å². The van der Waals surface area contributed by atoms with Crippen molar-refractivity contribution in [1.82, 2.24) is 0 Å². The van der Waals surface area contributed by atoms with Crippen LogP contribution in [0.15, 0.2) is 18.2 Å². The molecule has 3 N–H and O–H groups in total. The molecular weight excluding hydrogens is 226 g/mol. The second-order valence-electron chi connectivity index (χ2n) is 3.24. The zero-order chi connectivity index (χ0) is 12.8. The lowest BCUT2D eigenvalue weighted by Crippen LogP contribution is -2.11. The Balaban J connectivity index is 2.88. The van der Waals surface area contributed by atoms with Crippen molar-refractivity contribution in [2.45, 2.75) is 12.8 Å². The van der Waals surface area contributed by atoms with Gasteiger partial charge in [-0.25, -0.2) is 4.79 Å². The number of benzene rings is 1. The number of esters is 1. The third-order valence-corrected chi connectivity index (χ3v) is 1.93. The first-order valence-electron chi connectivity index (χ1n) is 4.81. The van der Waals surface area contributed by atoms with Crippen molar-refractivity contribution < 1.29 is 24.2 Å². The monoisotopic (exact) mass is 237 g/mol. The number of nitrogen functional groups attached to an aromatic ring is 1. The number of aromatic carboxylic acids is 1. The summed E-state index contributed by atoms with van der Waals surface area (Å²) >= 11 is 0. The second kappa shape index (κ2) is 5.64. The SMILES string of the molecule is Nc1ccc(C(=O)O)c(OC(=O)CCC=O)c1. The molecule has 0 aliphatic rings. The number of carbonyl (C=O) groups is 3. The fraction of sp³-hybridized carbons (Fsp3) is 0.182. The highest BCUT2D eigenvalue weighted by molar-refractivity contribution is 5.92. The van der Waals surface area contributed by atoms with E-state index in [1.165, 1.54) is 18.2 Å². The average molecular weight is 237 g/mol. The molecule has 0 aromatic heterocycles. The minimum atomic E-state index is -1.22. The van der Waals surface area contributed by atoms with Gasteiger partial charge in [0.1, 0.15) is 17.6 Å². The summed E-state index contributed by atoms with van der Waals surface area (Å²) in [6.07, 6.45) is 0.514. The Morgan fingerprint density at radius 1 is 1.41 bits per heavy atom. The van der Waals surface area contributed by atoms with E-state index in [0.29, 0.717) is 6.29 Å². The van der Waals surface area contributed by atoms with Gasteiger partial charge in [-0.05, 0) is 12.1 Å². The molecule has 0 unspecified atom stereocenters. The van der Waals surface area contributed by atoms with Crippen LogP contribution in [-0.2, 0) is 9.59 Å². The molecule has 1 aromatic rings. The van der Waals surface area contributed by atoms with E-state index < -0.39 is 11.9 Å². The lowest BCUT2D eigenvalue weighted by atomic mass is 10.2. The predicted octanol–water partition coefficient (Wildman–Crippen LogP) is 0.852. The summed E-state index contributed by atoms with van der Waals surface area (Å²) in [5.74, 6) is -2.01. The minimum Gasteiger partial charge on any atom is -0.478 e. The minimum absolute atomic E-state index is 0.0313. The number of aldehydes is 1. The van der Waals surface area contributed by atoms with Crippen LogP contribution in [0.4, 0.5) is 5.69 Å². The Bertz CT molecular complexity index is 455. The van der Waals surface area contributed by atoms with Crippen LogP contribution in [0.25, 0.3) is 0 Å². The van der Waals surface area contributed by atoms with Crippen molar-refractivity contribution in [3.05, 3.63) is 23.8 Å². The molecule has 6 nitrogen and oxygen atoms in total. The summed E-state index contributed by atoms with van der Waals surface area (Å²) in [5.41, 5.74) is 5.59. The van der Waals surface area contributed by atoms with Crippen molar-refractivity contribution in [3.8, 4) is 5.75 Å². The molecule has 1 rings (SSSR count). The molecular formula is C11H11NO5. The molecule has 0 saturated heterocycles. The first-order valence-corrected chi connectivity index (χ1v) is 4.81. The van der Waals surface area contributed by atoms with Crippen LogP contribution in [0.3, 0.4) is 0 Å².